The van der Waals surface area contributed by atoms with Gasteiger partial charge >= 0.3 is 0 Å². The first-order valence-corrected chi connectivity index (χ1v) is 11.6. The van der Waals surface area contributed by atoms with Gasteiger partial charge in [-0.2, -0.15) is 0 Å². The van der Waals surface area contributed by atoms with Crippen LogP contribution in [0.4, 0.5) is 5.69 Å². The average molecular weight is 430 g/mol. The lowest BCUT2D eigenvalue weighted by atomic mass is 10.0. The number of aromatic nitrogens is 2. The third-order valence-electron chi connectivity index (χ3n) is 6.94. The van der Waals surface area contributed by atoms with E-state index in [-0.39, 0.29) is 11.9 Å². The molecule has 2 aliphatic rings. The Morgan fingerprint density at radius 1 is 0.906 bits per heavy atom. The number of aromatic amines is 1. The number of hydrogen-bond donors (Lipinski definition) is 2. The molecule has 6 heteroatoms. The highest BCUT2D eigenvalue weighted by Crippen LogP contribution is 2.31. The minimum atomic E-state index is -0.0145. The minimum Gasteiger partial charge on any atom is -0.341 e. The van der Waals surface area contributed by atoms with Crippen molar-refractivity contribution in [1.29, 1.82) is 0 Å². The van der Waals surface area contributed by atoms with E-state index < -0.39 is 0 Å². The second-order valence-corrected chi connectivity index (χ2v) is 9.10. The second kappa shape index (κ2) is 8.88. The van der Waals surface area contributed by atoms with E-state index in [0.717, 1.165) is 66.2 Å². The number of amides is 1. The number of anilines is 1. The van der Waals surface area contributed by atoms with Crippen molar-refractivity contribution in [2.45, 2.75) is 37.8 Å². The summed E-state index contributed by atoms with van der Waals surface area (Å²) in [6.45, 7) is 2.13. The number of likely N-dealkylation sites (tertiary alicyclic amines) is 2. The maximum absolute atomic E-state index is 12.5. The van der Waals surface area contributed by atoms with Gasteiger partial charge in [-0.15, -0.1) is 0 Å². The number of likely N-dealkylation sites (N-methyl/N-ethyl adjacent to an activating group) is 1. The van der Waals surface area contributed by atoms with E-state index in [1.54, 1.807) is 0 Å². The Hall–Kier alpha value is -2.96. The maximum Gasteiger partial charge on any atom is 0.241 e. The Morgan fingerprint density at radius 3 is 2.16 bits per heavy atom. The quantitative estimate of drug-likeness (QED) is 0.625. The number of nitrogens with zero attached hydrogens (tertiary/aromatic N) is 3. The SMILES string of the molecule is CN1CCC[C@H]1C(=O)Nc1ccc(-c2ccc(-c3cnc([C@@H]4CCCN4C)[nH]3)cc2)cc1. The van der Waals surface area contributed by atoms with Crippen molar-refractivity contribution < 1.29 is 4.79 Å². The molecule has 0 unspecified atom stereocenters. The molecule has 0 saturated carbocycles. The molecule has 3 heterocycles. The van der Waals surface area contributed by atoms with Crippen LogP contribution >= 0.6 is 0 Å². The molecule has 0 spiro atoms. The first-order valence-electron chi connectivity index (χ1n) is 11.6. The molecule has 32 heavy (non-hydrogen) atoms. The summed E-state index contributed by atoms with van der Waals surface area (Å²) < 4.78 is 0. The van der Waals surface area contributed by atoms with Gasteiger partial charge < -0.3 is 10.3 Å². The van der Waals surface area contributed by atoms with Gasteiger partial charge in [0.1, 0.15) is 5.82 Å². The maximum atomic E-state index is 12.5. The van der Waals surface area contributed by atoms with Crippen molar-refractivity contribution in [3.05, 3.63) is 60.6 Å². The lowest BCUT2D eigenvalue weighted by molar-refractivity contribution is -0.119. The highest BCUT2D eigenvalue weighted by atomic mass is 16.2. The summed E-state index contributed by atoms with van der Waals surface area (Å²) in [5.74, 6) is 1.15. The van der Waals surface area contributed by atoms with E-state index in [9.17, 15) is 4.79 Å². The number of rotatable bonds is 5. The first-order chi connectivity index (χ1) is 15.6. The number of carbonyl (C=O) groups is 1. The summed E-state index contributed by atoms with van der Waals surface area (Å²) in [6.07, 6.45) is 6.35. The lowest BCUT2D eigenvalue weighted by Gasteiger charge is -2.18. The first kappa shape index (κ1) is 20.9. The number of benzene rings is 2. The molecule has 5 rings (SSSR count). The van der Waals surface area contributed by atoms with Crippen molar-refractivity contribution in [2.24, 2.45) is 0 Å². The van der Waals surface area contributed by atoms with Crippen molar-refractivity contribution >= 4 is 11.6 Å². The zero-order valence-electron chi connectivity index (χ0n) is 18.8. The lowest BCUT2D eigenvalue weighted by Crippen LogP contribution is -2.37. The molecule has 2 aliphatic heterocycles. The van der Waals surface area contributed by atoms with Crippen LogP contribution in [0.1, 0.15) is 37.5 Å². The third-order valence-corrected chi connectivity index (χ3v) is 6.94. The second-order valence-electron chi connectivity index (χ2n) is 9.10. The largest absolute Gasteiger partial charge is 0.341 e. The molecule has 0 aliphatic carbocycles. The van der Waals surface area contributed by atoms with Crippen LogP contribution in [-0.4, -0.2) is 58.9 Å². The number of carbonyl (C=O) groups excluding carboxylic acids is 1. The van der Waals surface area contributed by atoms with Crippen LogP contribution in [0.2, 0.25) is 0 Å². The molecule has 0 radical (unpaired) electrons. The monoisotopic (exact) mass is 429 g/mol. The Balaban J connectivity index is 1.25. The van der Waals surface area contributed by atoms with Gasteiger partial charge in [0.2, 0.25) is 5.91 Å². The fraction of sp³-hybridized carbons (Fsp3) is 0.385. The molecular weight excluding hydrogens is 398 g/mol. The smallest absolute Gasteiger partial charge is 0.241 e. The van der Waals surface area contributed by atoms with E-state index >= 15 is 0 Å². The van der Waals surface area contributed by atoms with Crippen LogP contribution in [-0.2, 0) is 4.79 Å². The van der Waals surface area contributed by atoms with Crippen molar-refractivity contribution in [3.8, 4) is 22.4 Å². The number of nitrogens with one attached hydrogen (secondary N) is 2. The zero-order chi connectivity index (χ0) is 22.1. The van der Waals surface area contributed by atoms with E-state index in [2.05, 4.69) is 68.5 Å². The normalized spacial score (nSPS) is 21.8. The van der Waals surface area contributed by atoms with Gasteiger partial charge in [-0.3, -0.25) is 14.6 Å². The molecule has 2 aromatic carbocycles. The van der Waals surface area contributed by atoms with E-state index in [0.29, 0.717) is 6.04 Å². The molecular formula is C26H31N5O. The van der Waals surface area contributed by atoms with Crippen LogP contribution < -0.4 is 5.32 Å². The zero-order valence-corrected chi connectivity index (χ0v) is 18.8. The molecule has 0 bridgehead atoms. The van der Waals surface area contributed by atoms with E-state index in [4.69, 9.17) is 0 Å². The van der Waals surface area contributed by atoms with Crippen molar-refractivity contribution in [1.82, 2.24) is 19.8 Å². The summed E-state index contributed by atoms with van der Waals surface area (Å²) in [5.41, 5.74) is 5.32. The van der Waals surface area contributed by atoms with Crippen LogP contribution in [0.25, 0.3) is 22.4 Å². The molecule has 6 nitrogen and oxygen atoms in total. The van der Waals surface area contributed by atoms with Gasteiger partial charge in [-0.05, 0) is 81.7 Å². The molecule has 2 atom stereocenters. The number of imidazole rings is 1. The molecule has 1 amide bonds. The highest BCUT2D eigenvalue weighted by Gasteiger charge is 2.27. The van der Waals surface area contributed by atoms with Gasteiger partial charge in [0.05, 0.1) is 24.0 Å². The Kier molecular flexibility index (Phi) is 5.81. The van der Waals surface area contributed by atoms with Crippen LogP contribution in [0.3, 0.4) is 0 Å². The number of hydrogen-bond acceptors (Lipinski definition) is 4. The summed E-state index contributed by atoms with van der Waals surface area (Å²) in [5, 5.41) is 3.06. The van der Waals surface area contributed by atoms with Crippen molar-refractivity contribution in [3.63, 3.8) is 0 Å². The van der Waals surface area contributed by atoms with E-state index in [1.807, 2.05) is 25.4 Å². The van der Waals surface area contributed by atoms with Crippen LogP contribution in [0.15, 0.2) is 54.7 Å². The fourth-order valence-electron chi connectivity index (χ4n) is 4.96. The Bertz CT molecular complexity index is 1070. The molecule has 1 aromatic heterocycles. The van der Waals surface area contributed by atoms with Gasteiger partial charge in [-0.25, -0.2) is 4.98 Å². The van der Waals surface area contributed by atoms with Gasteiger partial charge in [0.15, 0.2) is 0 Å². The van der Waals surface area contributed by atoms with E-state index in [1.165, 1.54) is 6.42 Å². The van der Waals surface area contributed by atoms with Crippen molar-refractivity contribution in [2.75, 3.05) is 32.5 Å². The minimum absolute atomic E-state index is 0.0145. The van der Waals surface area contributed by atoms with Gasteiger partial charge in [0, 0.05) is 5.69 Å². The average Bonchev–Trinajstić information content (AvgIpc) is 3.55. The molecule has 2 saturated heterocycles. The van der Waals surface area contributed by atoms with Gasteiger partial charge in [0.25, 0.3) is 0 Å². The third kappa shape index (κ3) is 4.20. The van der Waals surface area contributed by atoms with Crippen LogP contribution in [0.5, 0.6) is 0 Å². The molecule has 166 valence electrons. The molecule has 2 N–H and O–H groups in total. The predicted molar refractivity (Wildman–Crippen MR) is 128 cm³/mol. The Labute approximate surface area is 189 Å². The van der Waals surface area contributed by atoms with Crippen LogP contribution in [0, 0.1) is 0 Å². The summed E-state index contributed by atoms with van der Waals surface area (Å²) in [7, 11) is 4.18. The number of H-pyrrole nitrogens is 1. The fourth-order valence-corrected chi connectivity index (χ4v) is 4.96. The summed E-state index contributed by atoms with van der Waals surface area (Å²) in [4.78, 5) is 25.1. The molecule has 2 fully saturated rings. The summed E-state index contributed by atoms with van der Waals surface area (Å²) >= 11 is 0. The Morgan fingerprint density at radius 2 is 1.53 bits per heavy atom. The topological polar surface area (TPSA) is 64.3 Å². The van der Waals surface area contributed by atoms with Gasteiger partial charge in [-0.1, -0.05) is 36.4 Å². The molecule has 3 aromatic rings. The predicted octanol–water partition coefficient (Wildman–Crippen LogP) is 4.54. The standard InChI is InChI=1S/C26H31N5O/c1-30-15-3-5-23(30)25-27-17-22(29-25)20-9-7-18(8-10-20)19-11-13-21(14-12-19)28-26(32)24-6-4-16-31(24)2/h7-14,17,23-24H,3-6,15-16H2,1-2H3,(H,27,29)(H,28,32)/t23-,24-/m0/s1. The highest BCUT2D eigenvalue weighted by molar-refractivity contribution is 5.95. The summed E-state index contributed by atoms with van der Waals surface area (Å²) in [6, 6.07) is 17.0.